The second kappa shape index (κ2) is 10.7. The van der Waals surface area contributed by atoms with E-state index in [0.29, 0.717) is 56.5 Å². The van der Waals surface area contributed by atoms with E-state index in [1.54, 1.807) is 35.1 Å². The Morgan fingerprint density at radius 3 is 2.28 bits per heavy atom. The number of carbonyl (C=O) groups is 2. The monoisotopic (exact) mass is 427 g/mol. The van der Waals surface area contributed by atoms with Gasteiger partial charge in [0.1, 0.15) is 11.5 Å². The Morgan fingerprint density at radius 2 is 1.69 bits per heavy atom. The van der Waals surface area contributed by atoms with Crippen LogP contribution in [-0.4, -0.2) is 81.3 Å². The lowest BCUT2D eigenvalue weighted by Gasteiger charge is -2.37. The van der Waals surface area contributed by atoms with Gasteiger partial charge in [-0.3, -0.25) is 9.59 Å². The molecule has 1 unspecified atom stereocenters. The lowest BCUT2D eigenvalue weighted by molar-refractivity contribution is -0.136. The quantitative estimate of drug-likeness (QED) is 0.757. The van der Waals surface area contributed by atoms with Crippen LogP contribution in [0, 0.1) is 5.92 Å². The number of piperazine rings is 1. The van der Waals surface area contributed by atoms with E-state index < -0.39 is 6.04 Å². The van der Waals surface area contributed by atoms with Crippen LogP contribution in [0.15, 0.2) is 18.2 Å². The van der Waals surface area contributed by atoms with Crippen molar-refractivity contribution in [3.05, 3.63) is 23.8 Å². The average Bonchev–Trinajstić information content (AvgIpc) is 2.77. The summed E-state index contributed by atoms with van der Waals surface area (Å²) >= 11 is 0. The van der Waals surface area contributed by atoms with Gasteiger partial charge >= 0.3 is 0 Å². The highest BCUT2D eigenvalue weighted by Gasteiger charge is 2.32. The number of carbonyl (C=O) groups excluding carboxylic acids is 2. The Labute approximate surface area is 177 Å². The minimum Gasteiger partial charge on any atom is -0.497 e. The van der Waals surface area contributed by atoms with Crippen LogP contribution in [0.25, 0.3) is 0 Å². The first-order valence-corrected chi connectivity index (χ1v) is 9.68. The number of methoxy groups -OCH3 is 2. The van der Waals surface area contributed by atoms with Gasteiger partial charge in [-0.2, -0.15) is 0 Å². The zero-order chi connectivity index (χ0) is 20.1. The lowest BCUT2D eigenvalue weighted by Crippen LogP contribution is -2.56. The lowest BCUT2D eigenvalue weighted by atomic mass is 9.91. The van der Waals surface area contributed by atoms with Gasteiger partial charge in [0.05, 0.1) is 25.8 Å². The molecule has 2 N–H and O–H groups in total. The second-order valence-corrected chi connectivity index (χ2v) is 7.16. The van der Waals surface area contributed by atoms with Gasteiger partial charge in [-0.25, -0.2) is 0 Å². The van der Waals surface area contributed by atoms with E-state index in [1.165, 1.54) is 7.11 Å². The predicted octanol–water partition coefficient (Wildman–Crippen LogP) is 1.16. The largest absolute Gasteiger partial charge is 0.497 e. The van der Waals surface area contributed by atoms with Gasteiger partial charge < -0.3 is 29.7 Å². The number of nitrogens with zero attached hydrogens (tertiary/aromatic N) is 2. The Kier molecular flexibility index (Phi) is 8.55. The molecule has 8 nitrogen and oxygen atoms in total. The van der Waals surface area contributed by atoms with E-state index in [2.05, 4.69) is 0 Å². The highest BCUT2D eigenvalue weighted by Crippen LogP contribution is 2.26. The minimum atomic E-state index is -0.493. The third kappa shape index (κ3) is 5.32. The summed E-state index contributed by atoms with van der Waals surface area (Å²) in [6.45, 7) is 3.25. The third-order valence-corrected chi connectivity index (χ3v) is 5.58. The second-order valence-electron chi connectivity index (χ2n) is 7.16. The van der Waals surface area contributed by atoms with Crippen molar-refractivity contribution in [3.63, 3.8) is 0 Å². The van der Waals surface area contributed by atoms with Crippen LogP contribution in [-0.2, 0) is 9.53 Å². The van der Waals surface area contributed by atoms with Gasteiger partial charge in [0.25, 0.3) is 5.91 Å². The molecule has 0 saturated carbocycles. The van der Waals surface area contributed by atoms with Crippen molar-refractivity contribution >= 4 is 24.2 Å². The molecule has 2 heterocycles. The van der Waals surface area contributed by atoms with Crippen LogP contribution in [0.4, 0.5) is 0 Å². The molecule has 2 amide bonds. The predicted molar refractivity (Wildman–Crippen MR) is 111 cm³/mol. The highest BCUT2D eigenvalue weighted by molar-refractivity contribution is 5.97. The van der Waals surface area contributed by atoms with Crippen molar-refractivity contribution in [2.75, 3.05) is 53.6 Å². The summed E-state index contributed by atoms with van der Waals surface area (Å²) in [7, 11) is 3.09. The molecule has 0 aromatic heterocycles. The summed E-state index contributed by atoms with van der Waals surface area (Å²) < 4.78 is 15.9. The van der Waals surface area contributed by atoms with Crippen molar-refractivity contribution < 1.29 is 23.8 Å². The van der Waals surface area contributed by atoms with Gasteiger partial charge in [0, 0.05) is 45.5 Å². The number of amides is 2. The zero-order valence-electron chi connectivity index (χ0n) is 17.0. The molecule has 0 radical (unpaired) electrons. The SMILES string of the molecule is COc1ccc(C(=O)N2CCN(C(=O)C(N)C3CCOCC3)CC2)c(OC)c1.Cl. The maximum atomic E-state index is 12.9. The Hall–Kier alpha value is -2.03. The smallest absolute Gasteiger partial charge is 0.257 e. The van der Waals surface area contributed by atoms with E-state index >= 15 is 0 Å². The van der Waals surface area contributed by atoms with Crippen LogP contribution < -0.4 is 15.2 Å². The van der Waals surface area contributed by atoms with Crippen molar-refractivity contribution in [2.24, 2.45) is 11.7 Å². The molecule has 2 fully saturated rings. The number of ether oxygens (including phenoxy) is 3. The van der Waals surface area contributed by atoms with Crippen LogP contribution in [0.5, 0.6) is 11.5 Å². The summed E-state index contributed by atoms with van der Waals surface area (Å²) in [5, 5.41) is 0. The van der Waals surface area contributed by atoms with Gasteiger partial charge in [-0.1, -0.05) is 0 Å². The Bertz CT molecular complexity index is 703. The fourth-order valence-electron chi connectivity index (χ4n) is 3.76. The summed E-state index contributed by atoms with van der Waals surface area (Å²) in [5.74, 6) is 1.14. The van der Waals surface area contributed by atoms with E-state index in [9.17, 15) is 9.59 Å². The molecular formula is C20H30ClN3O5. The summed E-state index contributed by atoms with van der Waals surface area (Å²) in [4.78, 5) is 29.2. The molecule has 2 aliphatic heterocycles. The molecule has 3 rings (SSSR count). The standard InChI is InChI=1S/C20H29N3O5.ClH/c1-26-15-3-4-16(17(13-15)27-2)19(24)22-7-9-23(10-8-22)20(25)18(21)14-5-11-28-12-6-14;/h3-4,13-14,18H,5-12,21H2,1-2H3;1H. The summed E-state index contributed by atoms with van der Waals surface area (Å²) in [6, 6.07) is 4.65. The van der Waals surface area contributed by atoms with Gasteiger partial charge in [0.2, 0.25) is 5.91 Å². The maximum Gasteiger partial charge on any atom is 0.257 e. The molecule has 1 aromatic rings. The minimum absolute atomic E-state index is 0. The number of nitrogens with two attached hydrogens (primary N) is 1. The molecular weight excluding hydrogens is 398 g/mol. The first kappa shape index (κ1) is 23.3. The van der Waals surface area contributed by atoms with Crippen LogP contribution >= 0.6 is 12.4 Å². The average molecular weight is 428 g/mol. The third-order valence-electron chi connectivity index (χ3n) is 5.58. The first-order chi connectivity index (χ1) is 13.5. The molecule has 1 atom stereocenters. The molecule has 29 heavy (non-hydrogen) atoms. The highest BCUT2D eigenvalue weighted by atomic mass is 35.5. The van der Waals surface area contributed by atoms with Crippen molar-refractivity contribution in [2.45, 2.75) is 18.9 Å². The Balaban J connectivity index is 0.00000300. The molecule has 0 aliphatic carbocycles. The number of halogens is 1. The zero-order valence-corrected chi connectivity index (χ0v) is 17.8. The fourth-order valence-corrected chi connectivity index (χ4v) is 3.76. The molecule has 9 heteroatoms. The van der Waals surface area contributed by atoms with Gasteiger partial charge in [0.15, 0.2) is 0 Å². The molecule has 1 aromatic carbocycles. The van der Waals surface area contributed by atoms with E-state index in [-0.39, 0.29) is 30.1 Å². The van der Waals surface area contributed by atoms with Crippen molar-refractivity contribution in [1.82, 2.24) is 9.80 Å². The van der Waals surface area contributed by atoms with Crippen LogP contribution in [0.1, 0.15) is 23.2 Å². The number of benzene rings is 1. The molecule has 0 bridgehead atoms. The molecule has 2 saturated heterocycles. The summed E-state index contributed by atoms with van der Waals surface area (Å²) in [6.07, 6.45) is 1.64. The maximum absolute atomic E-state index is 12.9. The van der Waals surface area contributed by atoms with Crippen molar-refractivity contribution in [3.8, 4) is 11.5 Å². The van der Waals surface area contributed by atoms with Crippen LogP contribution in [0.3, 0.4) is 0 Å². The number of rotatable bonds is 5. The Morgan fingerprint density at radius 1 is 1.07 bits per heavy atom. The van der Waals surface area contributed by atoms with E-state index in [0.717, 1.165) is 12.8 Å². The molecule has 0 spiro atoms. The van der Waals surface area contributed by atoms with Crippen LogP contribution in [0.2, 0.25) is 0 Å². The molecule has 2 aliphatic rings. The first-order valence-electron chi connectivity index (χ1n) is 9.68. The van der Waals surface area contributed by atoms with Gasteiger partial charge in [-0.05, 0) is 30.9 Å². The molecule has 162 valence electrons. The van der Waals surface area contributed by atoms with Gasteiger partial charge in [-0.15, -0.1) is 12.4 Å². The van der Waals surface area contributed by atoms with E-state index in [4.69, 9.17) is 19.9 Å². The fraction of sp³-hybridized carbons (Fsp3) is 0.600. The normalized spacial score (nSPS) is 18.6. The van der Waals surface area contributed by atoms with E-state index in [1.807, 2.05) is 0 Å². The number of hydrogen-bond donors (Lipinski definition) is 1. The summed E-state index contributed by atoms with van der Waals surface area (Å²) in [5.41, 5.74) is 6.71. The topological polar surface area (TPSA) is 94.3 Å². The number of hydrogen-bond acceptors (Lipinski definition) is 6. The van der Waals surface area contributed by atoms with Crippen molar-refractivity contribution in [1.29, 1.82) is 0 Å².